The van der Waals surface area contributed by atoms with E-state index in [1.165, 1.54) is 4.88 Å². The second-order valence-electron chi connectivity index (χ2n) is 5.14. The van der Waals surface area contributed by atoms with E-state index in [0.29, 0.717) is 12.2 Å². The van der Waals surface area contributed by atoms with E-state index in [4.69, 9.17) is 0 Å². The third-order valence-electron chi connectivity index (χ3n) is 3.30. The van der Waals surface area contributed by atoms with Crippen LogP contribution in [0.1, 0.15) is 35.8 Å². The number of thiazole rings is 1. The summed E-state index contributed by atoms with van der Waals surface area (Å²) in [4.78, 5) is 17.5. The molecule has 1 saturated carbocycles. The van der Waals surface area contributed by atoms with Crippen LogP contribution in [-0.4, -0.2) is 10.8 Å². The lowest BCUT2D eigenvalue weighted by Gasteiger charge is -2.00. The van der Waals surface area contributed by atoms with Crippen molar-refractivity contribution >= 4 is 17.1 Å². The number of hydrogen-bond donors (Lipinski definition) is 0. The van der Waals surface area contributed by atoms with E-state index in [9.17, 15) is 4.79 Å². The minimum Gasteiger partial charge on any atom is -0.299 e. The van der Waals surface area contributed by atoms with Crippen LogP contribution in [0.15, 0.2) is 0 Å². The molecule has 0 aliphatic heterocycles. The third kappa shape index (κ3) is 2.12. The van der Waals surface area contributed by atoms with Crippen molar-refractivity contribution in [3.63, 3.8) is 0 Å². The Morgan fingerprint density at radius 2 is 2.13 bits per heavy atom. The van der Waals surface area contributed by atoms with Gasteiger partial charge in [-0.25, -0.2) is 4.98 Å². The number of ketones is 1. The molecule has 2 nitrogen and oxygen atoms in total. The van der Waals surface area contributed by atoms with Crippen LogP contribution in [0.4, 0.5) is 0 Å². The van der Waals surface area contributed by atoms with Gasteiger partial charge in [0.25, 0.3) is 0 Å². The van der Waals surface area contributed by atoms with Gasteiger partial charge in [-0.1, -0.05) is 13.8 Å². The molecule has 1 aromatic heterocycles. The lowest BCUT2D eigenvalue weighted by atomic mass is 10.1. The molecule has 0 bridgehead atoms. The topological polar surface area (TPSA) is 30.0 Å². The fourth-order valence-electron chi connectivity index (χ4n) is 1.90. The van der Waals surface area contributed by atoms with Crippen LogP contribution in [0.25, 0.3) is 0 Å². The molecule has 1 atom stereocenters. The first-order chi connectivity index (χ1) is 6.90. The minimum atomic E-state index is 0.248. The zero-order valence-electron chi connectivity index (χ0n) is 9.76. The summed E-state index contributed by atoms with van der Waals surface area (Å²) in [6.07, 6.45) is 1.59. The van der Waals surface area contributed by atoms with E-state index >= 15 is 0 Å². The fraction of sp³-hybridized carbons (Fsp3) is 0.667. The molecule has 15 heavy (non-hydrogen) atoms. The Hall–Kier alpha value is -0.700. The van der Waals surface area contributed by atoms with E-state index in [2.05, 4.69) is 25.8 Å². The van der Waals surface area contributed by atoms with Gasteiger partial charge in [-0.2, -0.15) is 0 Å². The van der Waals surface area contributed by atoms with Crippen LogP contribution in [0.3, 0.4) is 0 Å². The van der Waals surface area contributed by atoms with Crippen molar-refractivity contribution in [2.45, 2.75) is 40.5 Å². The van der Waals surface area contributed by atoms with Crippen molar-refractivity contribution in [3.8, 4) is 0 Å². The number of carbonyl (C=O) groups is 1. The van der Waals surface area contributed by atoms with Gasteiger partial charge in [0.2, 0.25) is 0 Å². The highest BCUT2D eigenvalue weighted by Gasteiger charge is 2.49. The molecular formula is C12H17NOS. The zero-order chi connectivity index (χ0) is 11.2. The molecule has 1 fully saturated rings. The summed E-state index contributed by atoms with van der Waals surface area (Å²) in [5.74, 6) is 0.649. The van der Waals surface area contributed by atoms with Crippen molar-refractivity contribution in [1.29, 1.82) is 0 Å². The molecule has 2 rings (SSSR count). The Morgan fingerprint density at radius 3 is 2.53 bits per heavy atom. The molecule has 0 spiro atoms. The molecule has 82 valence electrons. The molecule has 1 heterocycles. The summed E-state index contributed by atoms with van der Waals surface area (Å²) in [7, 11) is 0. The standard InChI is InChI=1S/C12H17NOS/c1-7-8(2)15-11(13-7)5-10(14)9-6-12(9,3)4/h9H,5-6H2,1-4H3. The minimum absolute atomic E-state index is 0.248. The molecular weight excluding hydrogens is 206 g/mol. The smallest absolute Gasteiger partial charge is 0.143 e. The number of aromatic nitrogens is 1. The summed E-state index contributed by atoms with van der Waals surface area (Å²) in [5.41, 5.74) is 1.32. The third-order valence-corrected chi connectivity index (χ3v) is 4.37. The summed E-state index contributed by atoms with van der Waals surface area (Å²) in [6.45, 7) is 8.38. The fourth-order valence-corrected chi connectivity index (χ4v) is 2.85. The van der Waals surface area contributed by atoms with E-state index in [-0.39, 0.29) is 11.3 Å². The monoisotopic (exact) mass is 223 g/mol. The van der Waals surface area contributed by atoms with Gasteiger partial charge in [0.15, 0.2) is 0 Å². The molecule has 1 aromatic rings. The van der Waals surface area contributed by atoms with Gasteiger partial charge in [-0.3, -0.25) is 4.79 Å². The maximum absolute atomic E-state index is 11.9. The van der Waals surface area contributed by atoms with Crippen LogP contribution >= 0.6 is 11.3 Å². The molecule has 0 aromatic carbocycles. The lowest BCUT2D eigenvalue weighted by Crippen LogP contribution is -2.08. The molecule has 1 aliphatic rings. The molecule has 1 unspecified atom stereocenters. The molecule has 3 heteroatoms. The summed E-state index contributed by atoms with van der Waals surface area (Å²) < 4.78 is 0. The summed E-state index contributed by atoms with van der Waals surface area (Å²) >= 11 is 1.66. The first kappa shape index (κ1) is 10.8. The van der Waals surface area contributed by atoms with Crippen molar-refractivity contribution in [2.24, 2.45) is 11.3 Å². The number of rotatable bonds is 3. The molecule has 0 saturated heterocycles. The maximum Gasteiger partial charge on any atom is 0.143 e. The largest absolute Gasteiger partial charge is 0.299 e. The second kappa shape index (κ2) is 3.41. The Kier molecular flexibility index (Phi) is 2.45. The van der Waals surface area contributed by atoms with Crippen molar-refractivity contribution in [2.75, 3.05) is 0 Å². The van der Waals surface area contributed by atoms with Crippen LogP contribution in [0.5, 0.6) is 0 Å². The van der Waals surface area contributed by atoms with Gasteiger partial charge in [0.1, 0.15) is 10.8 Å². The SMILES string of the molecule is Cc1nc(CC(=O)C2CC2(C)C)sc1C. The quantitative estimate of drug-likeness (QED) is 0.788. The van der Waals surface area contributed by atoms with E-state index in [0.717, 1.165) is 17.1 Å². The first-order valence-electron chi connectivity index (χ1n) is 5.36. The number of carbonyl (C=O) groups excluding carboxylic acids is 1. The van der Waals surface area contributed by atoms with Gasteiger partial charge in [0, 0.05) is 10.8 Å². The number of nitrogens with zero attached hydrogens (tertiary/aromatic N) is 1. The number of Topliss-reactive ketones (excluding diaryl/α,β-unsaturated/α-hetero) is 1. The van der Waals surface area contributed by atoms with E-state index in [1.807, 2.05) is 6.92 Å². The first-order valence-corrected chi connectivity index (χ1v) is 6.17. The van der Waals surface area contributed by atoms with Crippen LogP contribution < -0.4 is 0 Å². The second-order valence-corrected chi connectivity index (χ2v) is 6.43. The lowest BCUT2D eigenvalue weighted by molar-refractivity contribution is -0.120. The van der Waals surface area contributed by atoms with Gasteiger partial charge in [-0.15, -0.1) is 11.3 Å². The normalized spacial score (nSPS) is 22.8. The molecule has 0 amide bonds. The van der Waals surface area contributed by atoms with Gasteiger partial charge >= 0.3 is 0 Å². The van der Waals surface area contributed by atoms with Crippen molar-refractivity contribution < 1.29 is 4.79 Å². The molecule has 0 radical (unpaired) electrons. The highest BCUT2D eigenvalue weighted by atomic mass is 32.1. The number of hydrogen-bond acceptors (Lipinski definition) is 3. The van der Waals surface area contributed by atoms with Crippen LogP contribution in [0.2, 0.25) is 0 Å². The predicted octanol–water partition coefficient (Wildman–Crippen LogP) is 2.92. The van der Waals surface area contributed by atoms with Gasteiger partial charge in [0.05, 0.1) is 12.1 Å². The Balaban J connectivity index is 2.01. The molecule has 1 aliphatic carbocycles. The Morgan fingerprint density at radius 1 is 1.53 bits per heavy atom. The van der Waals surface area contributed by atoms with E-state index < -0.39 is 0 Å². The van der Waals surface area contributed by atoms with Gasteiger partial charge in [-0.05, 0) is 25.7 Å². The molecule has 0 N–H and O–H groups in total. The summed E-state index contributed by atoms with van der Waals surface area (Å²) in [6, 6.07) is 0. The number of aryl methyl sites for hydroxylation is 2. The predicted molar refractivity (Wildman–Crippen MR) is 62.2 cm³/mol. The van der Waals surface area contributed by atoms with Gasteiger partial charge < -0.3 is 0 Å². The highest BCUT2D eigenvalue weighted by molar-refractivity contribution is 7.11. The van der Waals surface area contributed by atoms with Crippen molar-refractivity contribution in [1.82, 2.24) is 4.98 Å². The average Bonchev–Trinajstić information content (AvgIpc) is 2.63. The summed E-state index contributed by atoms with van der Waals surface area (Å²) in [5, 5.41) is 0.984. The van der Waals surface area contributed by atoms with Crippen LogP contribution in [-0.2, 0) is 11.2 Å². The zero-order valence-corrected chi connectivity index (χ0v) is 10.6. The highest BCUT2D eigenvalue weighted by Crippen LogP contribution is 2.52. The Bertz CT molecular complexity index is 386. The van der Waals surface area contributed by atoms with Crippen molar-refractivity contribution in [3.05, 3.63) is 15.6 Å². The van der Waals surface area contributed by atoms with E-state index in [1.54, 1.807) is 11.3 Å². The average molecular weight is 223 g/mol. The maximum atomic E-state index is 11.9. The van der Waals surface area contributed by atoms with Crippen LogP contribution in [0, 0.1) is 25.2 Å². The Labute approximate surface area is 94.7 Å².